The minimum atomic E-state index is -4.78. The maximum Gasteiger partial charge on any atom is 0.373 e. The fraction of sp³-hybridized carbons (Fsp3) is 0.364. The zero-order valence-electron chi connectivity index (χ0n) is 9.36. The number of hydrogen-bond donors (Lipinski definition) is 2. The number of para-hydroxylation sites is 1. The number of benzene rings is 1. The SMILES string of the molecule is Oc1ccccc1C1=NO[C@@](O)(C(F)(F)C(F)F)C1. The van der Waals surface area contributed by atoms with E-state index in [4.69, 9.17) is 0 Å². The van der Waals surface area contributed by atoms with Crippen LogP contribution in [0.3, 0.4) is 0 Å². The molecule has 4 nitrogen and oxygen atoms in total. The molecule has 0 bridgehead atoms. The van der Waals surface area contributed by atoms with Gasteiger partial charge < -0.3 is 15.1 Å². The molecule has 0 spiro atoms. The standard InChI is InChI=1S/C11H9F4NO3/c12-9(13)11(14,15)10(18)5-7(16-19-10)6-3-1-2-4-8(6)17/h1-4,9,17-18H,5H2/t10-/m1/s1. The summed E-state index contributed by atoms with van der Waals surface area (Å²) in [6, 6.07) is 5.57. The molecule has 104 valence electrons. The predicted molar refractivity (Wildman–Crippen MR) is 56.2 cm³/mol. The van der Waals surface area contributed by atoms with Gasteiger partial charge in [-0.3, -0.25) is 0 Å². The van der Waals surface area contributed by atoms with E-state index in [1.807, 2.05) is 0 Å². The maximum absolute atomic E-state index is 13.2. The zero-order chi connectivity index (χ0) is 14.3. The van der Waals surface area contributed by atoms with Crippen LogP contribution in [0.1, 0.15) is 12.0 Å². The second kappa shape index (κ2) is 4.37. The molecule has 1 aliphatic rings. The summed E-state index contributed by atoms with van der Waals surface area (Å²) in [5.74, 6) is -8.48. The molecule has 0 saturated carbocycles. The molecule has 1 aliphatic heterocycles. The Morgan fingerprint density at radius 3 is 2.53 bits per heavy atom. The summed E-state index contributed by atoms with van der Waals surface area (Å²) in [6.07, 6.45) is -5.06. The van der Waals surface area contributed by atoms with Crippen molar-refractivity contribution in [2.24, 2.45) is 5.16 Å². The smallest absolute Gasteiger partial charge is 0.373 e. The van der Waals surface area contributed by atoms with Gasteiger partial charge in [0.25, 0.3) is 0 Å². The number of rotatable bonds is 3. The number of aromatic hydroxyl groups is 1. The Hall–Kier alpha value is -1.83. The Morgan fingerprint density at radius 2 is 1.95 bits per heavy atom. The van der Waals surface area contributed by atoms with E-state index in [1.54, 1.807) is 0 Å². The topological polar surface area (TPSA) is 62.1 Å². The second-order valence-corrected chi connectivity index (χ2v) is 4.03. The van der Waals surface area contributed by atoms with Crippen LogP contribution in [0.2, 0.25) is 0 Å². The van der Waals surface area contributed by atoms with E-state index < -0.39 is 24.6 Å². The predicted octanol–water partition coefficient (Wildman–Crippen LogP) is 2.11. The van der Waals surface area contributed by atoms with Crippen molar-refractivity contribution in [1.82, 2.24) is 0 Å². The number of phenolic OH excluding ortho intramolecular Hbond substituents is 1. The van der Waals surface area contributed by atoms with Gasteiger partial charge in [-0.15, -0.1) is 0 Å². The lowest BCUT2D eigenvalue weighted by Crippen LogP contribution is -2.52. The lowest BCUT2D eigenvalue weighted by molar-refractivity contribution is -0.338. The zero-order valence-corrected chi connectivity index (χ0v) is 9.36. The highest BCUT2D eigenvalue weighted by atomic mass is 19.3. The first-order valence-electron chi connectivity index (χ1n) is 5.20. The number of oxime groups is 1. The molecular weight excluding hydrogens is 270 g/mol. The van der Waals surface area contributed by atoms with Gasteiger partial charge in [-0.2, -0.15) is 8.78 Å². The van der Waals surface area contributed by atoms with Crippen LogP contribution < -0.4 is 0 Å². The molecule has 0 unspecified atom stereocenters. The Labute approximate surface area is 104 Å². The van der Waals surface area contributed by atoms with Gasteiger partial charge in [0.05, 0.1) is 12.1 Å². The molecule has 2 rings (SSSR count). The molecule has 0 amide bonds. The first kappa shape index (κ1) is 13.6. The Morgan fingerprint density at radius 1 is 1.32 bits per heavy atom. The third-order valence-electron chi connectivity index (χ3n) is 2.72. The van der Waals surface area contributed by atoms with E-state index in [-0.39, 0.29) is 17.0 Å². The van der Waals surface area contributed by atoms with Gasteiger partial charge in [0.2, 0.25) is 0 Å². The largest absolute Gasteiger partial charge is 0.507 e. The quantitative estimate of drug-likeness (QED) is 0.833. The van der Waals surface area contributed by atoms with Crippen LogP contribution in [0.4, 0.5) is 17.6 Å². The third kappa shape index (κ3) is 2.12. The van der Waals surface area contributed by atoms with E-state index >= 15 is 0 Å². The summed E-state index contributed by atoms with van der Waals surface area (Å²) in [5, 5.41) is 22.1. The highest BCUT2D eigenvalue weighted by Gasteiger charge is 2.65. The Kier molecular flexibility index (Phi) is 3.13. The third-order valence-corrected chi connectivity index (χ3v) is 2.72. The molecule has 19 heavy (non-hydrogen) atoms. The number of aliphatic hydroxyl groups is 1. The van der Waals surface area contributed by atoms with E-state index in [1.165, 1.54) is 24.3 Å². The molecule has 0 fully saturated rings. The maximum atomic E-state index is 13.2. The van der Waals surface area contributed by atoms with Crippen molar-refractivity contribution in [3.05, 3.63) is 29.8 Å². The fourth-order valence-corrected chi connectivity index (χ4v) is 1.63. The van der Waals surface area contributed by atoms with E-state index in [2.05, 4.69) is 9.99 Å². The van der Waals surface area contributed by atoms with E-state index in [0.717, 1.165) is 0 Å². The first-order valence-corrected chi connectivity index (χ1v) is 5.20. The summed E-state index contributed by atoms with van der Waals surface area (Å²) >= 11 is 0. The highest BCUT2D eigenvalue weighted by Crippen LogP contribution is 2.42. The van der Waals surface area contributed by atoms with Crippen LogP contribution in [0.5, 0.6) is 5.75 Å². The number of nitrogens with zero attached hydrogens (tertiary/aromatic N) is 1. The lowest BCUT2D eigenvalue weighted by atomic mass is 9.98. The van der Waals surface area contributed by atoms with Gasteiger partial charge in [-0.05, 0) is 12.1 Å². The van der Waals surface area contributed by atoms with Crippen LogP contribution in [-0.2, 0) is 4.84 Å². The number of halogens is 4. The minimum absolute atomic E-state index is 0.0310. The average Bonchev–Trinajstić information content (AvgIpc) is 2.74. The molecule has 8 heteroatoms. The molecule has 1 aromatic carbocycles. The van der Waals surface area contributed by atoms with Crippen LogP contribution in [0.15, 0.2) is 29.4 Å². The number of alkyl halides is 4. The highest BCUT2D eigenvalue weighted by molar-refractivity contribution is 6.03. The normalized spacial score (nSPS) is 23.4. The second-order valence-electron chi connectivity index (χ2n) is 4.03. The minimum Gasteiger partial charge on any atom is -0.507 e. The summed E-state index contributed by atoms with van der Waals surface area (Å²) < 4.78 is 50.8. The van der Waals surface area contributed by atoms with Gasteiger partial charge >= 0.3 is 18.1 Å². The van der Waals surface area contributed by atoms with Crippen LogP contribution in [0.25, 0.3) is 0 Å². The van der Waals surface area contributed by atoms with Gasteiger partial charge in [-0.1, -0.05) is 17.3 Å². The van der Waals surface area contributed by atoms with Gasteiger partial charge in [0, 0.05) is 5.56 Å². The van der Waals surface area contributed by atoms with Crippen LogP contribution in [-0.4, -0.2) is 34.1 Å². The van der Waals surface area contributed by atoms with Crippen molar-refractivity contribution in [1.29, 1.82) is 0 Å². The van der Waals surface area contributed by atoms with Crippen molar-refractivity contribution in [2.75, 3.05) is 0 Å². The average molecular weight is 279 g/mol. The summed E-state index contributed by atoms with van der Waals surface area (Å²) in [4.78, 5) is 4.09. The van der Waals surface area contributed by atoms with Crippen molar-refractivity contribution >= 4 is 5.71 Å². The Bertz CT molecular complexity index is 520. The van der Waals surface area contributed by atoms with Gasteiger partial charge in [-0.25, -0.2) is 8.78 Å². The molecule has 0 aliphatic carbocycles. The van der Waals surface area contributed by atoms with Crippen LogP contribution in [0, 0.1) is 0 Å². The first-order chi connectivity index (χ1) is 8.78. The number of phenols is 1. The molecule has 0 saturated heterocycles. The lowest BCUT2D eigenvalue weighted by Gasteiger charge is -2.28. The van der Waals surface area contributed by atoms with Crippen molar-refractivity contribution in [3.8, 4) is 5.75 Å². The summed E-state index contributed by atoms with van der Waals surface area (Å²) in [6.45, 7) is 0. The van der Waals surface area contributed by atoms with Crippen molar-refractivity contribution in [3.63, 3.8) is 0 Å². The van der Waals surface area contributed by atoms with Gasteiger partial charge in [0.1, 0.15) is 5.75 Å². The van der Waals surface area contributed by atoms with E-state index in [9.17, 15) is 27.8 Å². The number of hydrogen-bond acceptors (Lipinski definition) is 4. The Balaban J connectivity index is 2.27. The van der Waals surface area contributed by atoms with Crippen LogP contribution >= 0.6 is 0 Å². The molecule has 0 radical (unpaired) electrons. The summed E-state index contributed by atoms with van der Waals surface area (Å²) in [7, 11) is 0. The molecule has 1 aromatic rings. The molecule has 1 heterocycles. The molecule has 0 aromatic heterocycles. The molecular formula is C11H9F4NO3. The molecule has 1 atom stereocenters. The van der Waals surface area contributed by atoms with Crippen molar-refractivity contribution in [2.45, 2.75) is 24.6 Å². The fourth-order valence-electron chi connectivity index (χ4n) is 1.63. The van der Waals surface area contributed by atoms with E-state index in [0.29, 0.717) is 0 Å². The van der Waals surface area contributed by atoms with Gasteiger partial charge in [0.15, 0.2) is 0 Å². The monoisotopic (exact) mass is 279 g/mol. The molecule has 2 N–H and O–H groups in total. The summed E-state index contributed by atoms with van der Waals surface area (Å²) in [5.41, 5.74) is -0.204. The van der Waals surface area contributed by atoms with Crippen molar-refractivity contribution < 1.29 is 32.6 Å².